The van der Waals surface area contributed by atoms with Crippen LogP contribution in [0.3, 0.4) is 0 Å². The Morgan fingerprint density at radius 1 is 1.32 bits per heavy atom. The minimum Gasteiger partial charge on any atom is -0.397 e. The lowest BCUT2D eigenvalue weighted by Crippen LogP contribution is -2.20. The number of nitrogens with zero attached hydrogens (tertiary/aromatic N) is 2. The van der Waals surface area contributed by atoms with E-state index in [1.165, 1.54) is 6.20 Å². The highest BCUT2D eigenvalue weighted by molar-refractivity contribution is 5.98. The van der Waals surface area contributed by atoms with E-state index in [0.717, 1.165) is 5.56 Å². The smallest absolute Gasteiger partial charge is 0.250 e. The van der Waals surface area contributed by atoms with E-state index in [-0.39, 0.29) is 0 Å². The molecule has 19 heavy (non-hydrogen) atoms. The second-order valence-electron chi connectivity index (χ2n) is 4.34. The SMILES string of the molecule is CN(Cc1ccccc1)c1cc(C(N)=O)c(N)cn1. The van der Waals surface area contributed by atoms with Crippen LogP contribution in [0.4, 0.5) is 11.5 Å². The van der Waals surface area contributed by atoms with E-state index < -0.39 is 5.91 Å². The quantitative estimate of drug-likeness (QED) is 0.865. The summed E-state index contributed by atoms with van der Waals surface area (Å²) in [6.07, 6.45) is 1.46. The number of carbonyl (C=O) groups is 1. The third-order valence-corrected chi connectivity index (χ3v) is 2.84. The van der Waals surface area contributed by atoms with Gasteiger partial charge in [0, 0.05) is 13.6 Å². The number of anilines is 2. The van der Waals surface area contributed by atoms with Gasteiger partial charge in [-0.3, -0.25) is 4.79 Å². The first kappa shape index (κ1) is 12.9. The van der Waals surface area contributed by atoms with E-state index in [0.29, 0.717) is 23.6 Å². The first-order chi connectivity index (χ1) is 9.08. The summed E-state index contributed by atoms with van der Waals surface area (Å²) < 4.78 is 0. The number of amides is 1. The van der Waals surface area contributed by atoms with Crippen molar-refractivity contribution in [3.05, 3.63) is 53.7 Å². The number of aromatic nitrogens is 1. The molecule has 0 aliphatic rings. The first-order valence-corrected chi connectivity index (χ1v) is 5.88. The fraction of sp³-hybridized carbons (Fsp3) is 0.143. The summed E-state index contributed by atoms with van der Waals surface area (Å²) in [4.78, 5) is 17.4. The molecule has 0 fully saturated rings. The standard InChI is InChI=1S/C14H16N4O/c1-18(9-10-5-3-2-4-6-10)13-7-11(14(16)19)12(15)8-17-13/h2-8H,9,15H2,1H3,(H2,16,19). The van der Waals surface area contributed by atoms with Crippen LogP contribution in [0.1, 0.15) is 15.9 Å². The maximum Gasteiger partial charge on any atom is 0.250 e. The number of nitrogens with two attached hydrogens (primary N) is 2. The molecule has 4 N–H and O–H groups in total. The Morgan fingerprint density at radius 2 is 2.00 bits per heavy atom. The summed E-state index contributed by atoms with van der Waals surface area (Å²) in [5.41, 5.74) is 12.7. The molecule has 1 aromatic carbocycles. The normalized spacial score (nSPS) is 10.2. The van der Waals surface area contributed by atoms with Crippen LogP contribution in [-0.2, 0) is 6.54 Å². The lowest BCUT2D eigenvalue weighted by Gasteiger charge is -2.19. The van der Waals surface area contributed by atoms with Crippen molar-refractivity contribution in [3.8, 4) is 0 Å². The summed E-state index contributed by atoms with van der Waals surface area (Å²) in [6, 6.07) is 11.6. The minimum absolute atomic E-state index is 0.296. The van der Waals surface area contributed by atoms with Gasteiger partial charge in [-0.25, -0.2) is 4.98 Å². The van der Waals surface area contributed by atoms with Gasteiger partial charge in [0.1, 0.15) is 5.82 Å². The molecule has 0 bridgehead atoms. The van der Waals surface area contributed by atoms with Gasteiger partial charge in [-0.15, -0.1) is 0 Å². The molecule has 0 aliphatic heterocycles. The molecule has 1 heterocycles. The summed E-state index contributed by atoms with van der Waals surface area (Å²) in [6.45, 7) is 0.690. The molecule has 0 saturated carbocycles. The molecule has 0 atom stereocenters. The van der Waals surface area contributed by atoms with Gasteiger partial charge in [0.2, 0.25) is 0 Å². The van der Waals surface area contributed by atoms with Crippen molar-refractivity contribution in [1.82, 2.24) is 4.98 Å². The number of benzene rings is 1. The average molecular weight is 256 g/mol. The Balaban J connectivity index is 2.22. The van der Waals surface area contributed by atoms with Crippen molar-refractivity contribution < 1.29 is 4.79 Å². The predicted molar refractivity (Wildman–Crippen MR) is 75.7 cm³/mol. The van der Waals surface area contributed by atoms with Gasteiger partial charge in [0.15, 0.2) is 0 Å². The van der Waals surface area contributed by atoms with Crippen molar-refractivity contribution in [2.24, 2.45) is 5.73 Å². The molecular weight excluding hydrogens is 240 g/mol. The van der Waals surface area contributed by atoms with Gasteiger partial charge < -0.3 is 16.4 Å². The van der Waals surface area contributed by atoms with Gasteiger partial charge in [0.25, 0.3) is 5.91 Å². The molecule has 1 amide bonds. The number of hydrogen-bond donors (Lipinski definition) is 2. The van der Waals surface area contributed by atoms with Crippen molar-refractivity contribution in [3.63, 3.8) is 0 Å². The van der Waals surface area contributed by atoms with E-state index in [2.05, 4.69) is 4.98 Å². The Bertz CT molecular complexity index is 583. The maximum atomic E-state index is 11.3. The van der Waals surface area contributed by atoms with Crippen LogP contribution in [-0.4, -0.2) is 17.9 Å². The summed E-state index contributed by atoms with van der Waals surface area (Å²) in [5, 5.41) is 0. The van der Waals surface area contributed by atoms with Gasteiger partial charge >= 0.3 is 0 Å². The Labute approximate surface area is 111 Å². The molecule has 2 rings (SSSR count). The lowest BCUT2D eigenvalue weighted by molar-refractivity contribution is 0.100. The Kier molecular flexibility index (Phi) is 3.66. The zero-order valence-corrected chi connectivity index (χ0v) is 10.7. The largest absolute Gasteiger partial charge is 0.397 e. The summed E-state index contributed by atoms with van der Waals surface area (Å²) in [7, 11) is 1.90. The first-order valence-electron chi connectivity index (χ1n) is 5.88. The van der Waals surface area contributed by atoms with Crippen LogP contribution in [0, 0.1) is 0 Å². The minimum atomic E-state index is -0.547. The molecule has 0 spiro atoms. The Hall–Kier alpha value is -2.56. The highest BCUT2D eigenvalue weighted by Gasteiger charge is 2.10. The van der Waals surface area contributed by atoms with Crippen molar-refractivity contribution in [1.29, 1.82) is 0 Å². The van der Waals surface area contributed by atoms with Crippen molar-refractivity contribution >= 4 is 17.4 Å². The number of hydrogen-bond acceptors (Lipinski definition) is 4. The fourth-order valence-electron chi connectivity index (χ4n) is 1.82. The van der Waals surface area contributed by atoms with E-state index in [1.54, 1.807) is 6.07 Å². The average Bonchev–Trinajstić information content (AvgIpc) is 2.40. The van der Waals surface area contributed by atoms with Crippen LogP contribution in [0.2, 0.25) is 0 Å². The van der Waals surface area contributed by atoms with Crippen LogP contribution >= 0.6 is 0 Å². The van der Waals surface area contributed by atoms with Crippen LogP contribution < -0.4 is 16.4 Å². The van der Waals surface area contributed by atoms with E-state index >= 15 is 0 Å². The molecular formula is C14H16N4O. The number of rotatable bonds is 4. The van der Waals surface area contributed by atoms with E-state index in [4.69, 9.17) is 11.5 Å². The fourth-order valence-corrected chi connectivity index (χ4v) is 1.82. The molecule has 5 nitrogen and oxygen atoms in total. The van der Waals surface area contributed by atoms with Crippen molar-refractivity contribution in [2.75, 3.05) is 17.7 Å². The van der Waals surface area contributed by atoms with Crippen LogP contribution in [0.25, 0.3) is 0 Å². The highest BCUT2D eigenvalue weighted by Crippen LogP contribution is 2.18. The highest BCUT2D eigenvalue weighted by atomic mass is 16.1. The summed E-state index contributed by atoms with van der Waals surface area (Å²) in [5.74, 6) is 0.112. The van der Waals surface area contributed by atoms with Gasteiger partial charge in [-0.05, 0) is 11.6 Å². The molecule has 0 aliphatic carbocycles. The topological polar surface area (TPSA) is 85.2 Å². The number of primary amides is 1. The number of nitrogen functional groups attached to an aromatic ring is 1. The van der Waals surface area contributed by atoms with Crippen molar-refractivity contribution in [2.45, 2.75) is 6.54 Å². The third-order valence-electron chi connectivity index (χ3n) is 2.84. The molecule has 2 aromatic rings. The Morgan fingerprint density at radius 3 is 2.63 bits per heavy atom. The van der Waals surface area contributed by atoms with Crippen LogP contribution in [0.15, 0.2) is 42.6 Å². The monoisotopic (exact) mass is 256 g/mol. The van der Waals surface area contributed by atoms with E-state index in [1.807, 2.05) is 42.3 Å². The van der Waals surface area contributed by atoms with Gasteiger partial charge in [-0.1, -0.05) is 30.3 Å². The molecule has 0 saturated heterocycles. The molecule has 5 heteroatoms. The zero-order chi connectivity index (χ0) is 13.8. The number of carbonyl (C=O) groups excluding carboxylic acids is 1. The lowest BCUT2D eigenvalue weighted by atomic mass is 10.2. The molecule has 1 aromatic heterocycles. The van der Waals surface area contributed by atoms with Gasteiger partial charge in [-0.2, -0.15) is 0 Å². The van der Waals surface area contributed by atoms with E-state index in [9.17, 15) is 4.79 Å². The number of pyridine rings is 1. The van der Waals surface area contributed by atoms with Gasteiger partial charge in [0.05, 0.1) is 17.4 Å². The predicted octanol–water partition coefficient (Wildman–Crippen LogP) is 1.40. The third kappa shape index (κ3) is 3.01. The second-order valence-corrected chi connectivity index (χ2v) is 4.34. The van der Waals surface area contributed by atoms with Crippen LogP contribution in [0.5, 0.6) is 0 Å². The second kappa shape index (κ2) is 5.39. The molecule has 0 unspecified atom stereocenters. The summed E-state index contributed by atoms with van der Waals surface area (Å²) >= 11 is 0. The molecule has 0 radical (unpaired) electrons. The zero-order valence-electron chi connectivity index (χ0n) is 10.7. The molecule has 98 valence electrons. The maximum absolute atomic E-state index is 11.3.